The summed E-state index contributed by atoms with van der Waals surface area (Å²) in [6, 6.07) is -0.982. The van der Waals surface area contributed by atoms with Crippen molar-refractivity contribution in [3.63, 3.8) is 0 Å². The number of amides is 1. The number of rotatable bonds is 45. The number of allylic oxidation sites excluding steroid dienone is 17. The van der Waals surface area contributed by atoms with E-state index < -0.39 is 124 Å². The maximum Gasteiger partial charge on any atom is 0.220 e. The highest BCUT2D eigenvalue weighted by molar-refractivity contribution is 5.76. The van der Waals surface area contributed by atoms with Crippen molar-refractivity contribution in [2.24, 2.45) is 0 Å². The molecule has 3 aliphatic heterocycles. The predicted molar refractivity (Wildman–Crippen MR) is 327 cm³/mol. The molecule has 3 rings (SSSR count). The molecule has 3 aliphatic rings. The molecule has 17 unspecified atom stereocenters. The van der Waals surface area contributed by atoms with Gasteiger partial charge >= 0.3 is 0 Å². The molecule has 1 amide bonds. The van der Waals surface area contributed by atoms with Crippen LogP contribution in [-0.2, 0) is 33.2 Å². The summed E-state index contributed by atoms with van der Waals surface area (Å²) < 4.78 is 34.1. The molecule has 0 radical (unpaired) electrons. The number of ether oxygens (including phenoxy) is 6. The summed E-state index contributed by atoms with van der Waals surface area (Å²) in [5.74, 6) is -0.295. The van der Waals surface area contributed by atoms with Gasteiger partial charge in [0, 0.05) is 6.42 Å². The second-order valence-corrected chi connectivity index (χ2v) is 22.1. The van der Waals surface area contributed by atoms with Crippen molar-refractivity contribution in [2.75, 3.05) is 26.4 Å². The van der Waals surface area contributed by atoms with Crippen LogP contribution in [0.5, 0.6) is 0 Å². The van der Waals surface area contributed by atoms with Crippen molar-refractivity contribution in [1.29, 1.82) is 0 Å². The lowest BCUT2D eigenvalue weighted by Gasteiger charge is -2.48. The van der Waals surface area contributed by atoms with E-state index in [9.17, 15) is 61.0 Å². The molecule has 0 aromatic rings. The van der Waals surface area contributed by atoms with Crippen molar-refractivity contribution in [1.82, 2.24) is 5.32 Å². The Bertz CT molecular complexity index is 1970. The van der Waals surface area contributed by atoms with Crippen LogP contribution in [0, 0.1) is 0 Å². The third-order valence-electron chi connectivity index (χ3n) is 15.1. The smallest absolute Gasteiger partial charge is 0.220 e. The molecule has 0 aromatic heterocycles. The van der Waals surface area contributed by atoms with Crippen LogP contribution in [0.15, 0.2) is 109 Å². The van der Waals surface area contributed by atoms with Crippen LogP contribution < -0.4 is 5.32 Å². The minimum atomic E-state index is -1.98. The Morgan fingerprint density at radius 3 is 1.27 bits per heavy atom. The average Bonchev–Trinajstić information content (AvgIpc) is 3.70. The normalized spacial score (nSPS) is 29.7. The van der Waals surface area contributed by atoms with Crippen LogP contribution >= 0.6 is 0 Å². The van der Waals surface area contributed by atoms with Crippen molar-refractivity contribution in [3.05, 3.63) is 109 Å². The maximum atomic E-state index is 13.3. The first-order valence-corrected chi connectivity index (χ1v) is 31.6. The first-order valence-electron chi connectivity index (χ1n) is 31.6. The van der Waals surface area contributed by atoms with Crippen molar-refractivity contribution < 1.29 is 89.4 Å². The van der Waals surface area contributed by atoms with Gasteiger partial charge in [-0.15, -0.1) is 0 Å². The number of carbonyl (C=O) groups excluding carboxylic acids is 1. The van der Waals surface area contributed by atoms with Gasteiger partial charge in [-0.25, -0.2) is 0 Å². The van der Waals surface area contributed by atoms with Gasteiger partial charge in [0.15, 0.2) is 18.9 Å². The summed E-state index contributed by atoms with van der Waals surface area (Å²) in [7, 11) is 0. The van der Waals surface area contributed by atoms with E-state index in [0.717, 1.165) is 135 Å². The van der Waals surface area contributed by atoms with Crippen LogP contribution in [0.2, 0.25) is 0 Å². The molecule has 3 fully saturated rings. The van der Waals surface area contributed by atoms with Gasteiger partial charge in [-0.05, 0) is 83.5 Å². The lowest BCUT2D eigenvalue weighted by atomic mass is 9.96. The summed E-state index contributed by atoms with van der Waals surface area (Å²) in [6.45, 7) is 1.49. The van der Waals surface area contributed by atoms with E-state index >= 15 is 0 Å². The highest BCUT2D eigenvalue weighted by Gasteiger charge is 2.53. The van der Waals surface area contributed by atoms with E-state index in [-0.39, 0.29) is 18.9 Å². The van der Waals surface area contributed by atoms with Crippen molar-refractivity contribution in [2.45, 2.75) is 272 Å². The zero-order valence-corrected chi connectivity index (χ0v) is 50.8. The fourth-order valence-electron chi connectivity index (χ4n) is 9.91. The van der Waals surface area contributed by atoms with Gasteiger partial charge in [-0.2, -0.15) is 0 Å². The monoisotopic (exact) mass is 1200 g/mol. The van der Waals surface area contributed by atoms with E-state index in [4.69, 9.17) is 28.4 Å². The van der Waals surface area contributed by atoms with Gasteiger partial charge in [-0.1, -0.05) is 187 Å². The van der Waals surface area contributed by atoms with Gasteiger partial charge in [0.05, 0.1) is 38.6 Å². The molecule has 0 aliphatic carbocycles. The second-order valence-electron chi connectivity index (χ2n) is 22.1. The molecule has 0 saturated carbocycles. The molecular weight excluding hydrogens is 1090 g/mol. The van der Waals surface area contributed by atoms with Crippen LogP contribution in [-0.4, -0.2) is 193 Å². The predicted octanol–water partition coefficient (Wildman–Crippen LogP) is 6.71. The Morgan fingerprint density at radius 2 is 0.812 bits per heavy atom. The van der Waals surface area contributed by atoms with E-state index in [1.807, 2.05) is 6.08 Å². The number of hydrogen-bond donors (Lipinski definition) is 12. The molecule has 3 saturated heterocycles. The number of hydrogen-bond acceptors (Lipinski definition) is 18. The molecule has 17 atom stereocenters. The standard InChI is InChI=1S/C66H109NO18/c1-3-5-7-9-11-12-13-14-15-16-17-18-19-20-21-22-23-24-25-26-27-28-29-30-31-32-33-34-35-36-38-40-42-44-54(72)67-49(50(71)43-41-39-37-10-8-6-4-2)48-80-64-60(78)57(75)62(52(46-69)82-64)85-66-61(79)58(76)63(53(47-70)83-66)84-65-59(77)56(74)55(73)51(45-68)81-65/h5,7,11-12,14-15,17-18,20-21,23-24,26-27,29-30,41,43,49-53,55-66,68-71,73-79H,3-4,6,8-10,13,16,19,22,25,28,31-40,42,44-48H2,1-2H3,(H,67,72)/b7-5-,12-11-,15-14-,18-17-,21-20-,24-23-,27-26-,30-29-,43-41+. The zero-order chi connectivity index (χ0) is 61.9. The molecule has 486 valence electrons. The minimum absolute atomic E-state index is 0.225. The quantitative estimate of drug-likeness (QED) is 0.0223. The van der Waals surface area contributed by atoms with Gasteiger partial charge < -0.3 is 89.9 Å². The van der Waals surface area contributed by atoms with Crippen LogP contribution in [0.1, 0.15) is 168 Å². The van der Waals surface area contributed by atoms with Gasteiger partial charge in [0.1, 0.15) is 73.2 Å². The highest BCUT2D eigenvalue weighted by Crippen LogP contribution is 2.33. The van der Waals surface area contributed by atoms with Gasteiger partial charge in [0.2, 0.25) is 5.91 Å². The number of carbonyl (C=O) groups is 1. The number of aliphatic hydroxyl groups is 11. The van der Waals surface area contributed by atoms with E-state index in [1.165, 1.54) is 6.42 Å². The molecular formula is C66H109NO18. The zero-order valence-electron chi connectivity index (χ0n) is 50.8. The molecule has 19 heteroatoms. The van der Waals surface area contributed by atoms with Crippen LogP contribution in [0.4, 0.5) is 0 Å². The number of nitrogens with one attached hydrogen (secondary N) is 1. The Hall–Kier alpha value is -3.55. The topological polar surface area (TPSA) is 307 Å². The molecule has 19 nitrogen and oxygen atoms in total. The molecule has 85 heavy (non-hydrogen) atoms. The third kappa shape index (κ3) is 30.5. The van der Waals surface area contributed by atoms with E-state index in [1.54, 1.807) is 6.08 Å². The molecule has 3 heterocycles. The number of aliphatic hydroxyl groups excluding tert-OH is 11. The Morgan fingerprint density at radius 1 is 0.435 bits per heavy atom. The second kappa shape index (κ2) is 47.5. The van der Waals surface area contributed by atoms with E-state index in [2.05, 4.69) is 116 Å². The Labute approximate surface area is 506 Å². The Kier molecular flexibility index (Phi) is 42.3. The van der Waals surface area contributed by atoms with E-state index in [0.29, 0.717) is 6.42 Å². The molecule has 0 spiro atoms. The van der Waals surface area contributed by atoms with Gasteiger partial charge in [-0.3, -0.25) is 4.79 Å². The largest absolute Gasteiger partial charge is 0.394 e. The van der Waals surface area contributed by atoms with Gasteiger partial charge in [0.25, 0.3) is 0 Å². The third-order valence-corrected chi connectivity index (χ3v) is 15.1. The van der Waals surface area contributed by atoms with Crippen molar-refractivity contribution in [3.8, 4) is 0 Å². The van der Waals surface area contributed by atoms with Crippen molar-refractivity contribution >= 4 is 5.91 Å². The summed E-state index contributed by atoms with van der Waals surface area (Å²) in [6.07, 6.45) is 35.5. The van der Waals surface area contributed by atoms with Crippen LogP contribution in [0.3, 0.4) is 0 Å². The minimum Gasteiger partial charge on any atom is -0.394 e. The Balaban J connectivity index is 1.35. The summed E-state index contributed by atoms with van der Waals surface area (Å²) in [4.78, 5) is 13.3. The molecule has 0 bridgehead atoms. The van der Waals surface area contributed by atoms with Crippen LogP contribution in [0.25, 0.3) is 0 Å². The lowest BCUT2D eigenvalue weighted by Crippen LogP contribution is -2.66. The summed E-state index contributed by atoms with van der Waals surface area (Å²) in [5, 5.41) is 120. The lowest BCUT2D eigenvalue weighted by molar-refractivity contribution is -0.379. The molecule has 12 N–H and O–H groups in total. The average molecular weight is 1200 g/mol. The summed E-state index contributed by atoms with van der Waals surface area (Å²) >= 11 is 0. The highest BCUT2D eigenvalue weighted by atomic mass is 16.8. The summed E-state index contributed by atoms with van der Waals surface area (Å²) in [5.41, 5.74) is 0. The first-order chi connectivity index (χ1) is 41.3. The number of unbranched alkanes of at least 4 members (excludes halogenated alkanes) is 13. The maximum absolute atomic E-state index is 13.3. The first kappa shape index (κ1) is 75.7. The molecule has 0 aromatic carbocycles. The SMILES string of the molecule is CC/C=C\C/C=C\C/C=C\C/C=C\C/C=C\C/C=C\C/C=C\C/C=C\CCCCCCCCCCC(=O)NC(COC1OC(CO)C(OC2OC(CO)C(OC3OC(CO)C(O)C(O)C3O)C(O)C2O)C(O)C1O)C(O)/C=C/CCCCCCC. The fourth-order valence-corrected chi connectivity index (χ4v) is 9.91. The fraction of sp³-hybridized carbons (Fsp3) is 0.712.